The Bertz CT molecular complexity index is 212. The zero-order valence-electron chi connectivity index (χ0n) is 7.54. The number of esters is 1. The van der Waals surface area contributed by atoms with Crippen LogP contribution in [0.1, 0.15) is 13.8 Å². The maximum atomic E-state index is 10.4. The van der Waals surface area contributed by atoms with Gasteiger partial charge in [0.1, 0.15) is 6.61 Å². The van der Waals surface area contributed by atoms with Gasteiger partial charge in [0.25, 0.3) is 0 Å². The maximum Gasteiger partial charge on any atom is 0.302 e. The molecule has 0 atom stereocenters. The summed E-state index contributed by atoms with van der Waals surface area (Å²) in [6, 6.07) is 0. The lowest BCUT2D eigenvalue weighted by Crippen LogP contribution is -2.00. The van der Waals surface area contributed by atoms with Crippen molar-refractivity contribution in [3.8, 4) is 0 Å². The van der Waals surface area contributed by atoms with Gasteiger partial charge in [-0.1, -0.05) is 30.9 Å². The number of allylic oxidation sites excluding steroid dienone is 3. The second-order valence-electron chi connectivity index (χ2n) is 2.32. The van der Waals surface area contributed by atoms with Crippen LogP contribution in [0.5, 0.6) is 0 Å². The normalized spacial score (nSPS) is 10.8. The molecule has 66 valence electrons. The average molecular weight is 166 g/mol. The van der Waals surface area contributed by atoms with Crippen LogP contribution in [0.4, 0.5) is 0 Å². The molecule has 0 aliphatic heterocycles. The van der Waals surface area contributed by atoms with Crippen molar-refractivity contribution >= 4 is 5.97 Å². The highest BCUT2D eigenvalue weighted by Crippen LogP contribution is 1.94. The monoisotopic (exact) mass is 166 g/mol. The summed E-state index contributed by atoms with van der Waals surface area (Å²) in [6.45, 7) is 7.28. The Balaban J connectivity index is 3.67. The van der Waals surface area contributed by atoms with Crippen molar-refractivity contribution in [2.24, 2.45) is 0 Å². The van der Waals surface area contributed by atoms with E-state index in [0.717, 1.165) is 5.57 Å². The van der Waals surface area contributed by atoms with E-state index in [0.29, 0.717) is 0 Å². The van der Waals surface area contributed by atoms with Crippen molar-refractivity contribution in [2.45, 2.75) is 13.8 Å². The highest BCUT2D eigenvalue weighted by Gasteiger charge is 1.92. The first-order valence-corrected chi connectivity index (χ1v) is 3.77. The average Bonchev–Trinajstić information content (AvgIpc) is 2.01. The van der Waals surface area contributed by atoms with Gasteiger partial charge in [0.2, 0.25) is 0 Å². The Labute approximate surface area is 73.2 Å². The Hall–Kier alpha value is -1.31. The molecule has 0 unspecified atom stereocenters. The van der Waals surface area contributed by atoms with Crippen molar-refractivity contribution in [2.75, 3.05) is 6.61 Å². The number of hydrogen-bond donors (Lipinski definition) is 0. The van der Waals surface area contributed by atoms with Gasteiger partial charge in [0.05, 0.1) is 0 Å². The van der Waals surface area contributed by atoms with Gasteiger partial charge in [-0.2, -0.15) is 0 Å². The fourth-order valence-corrected chi connectivity index (χ4v) is 0.545. The highest BCUT2D eigenvalue weighted by atomic mass is 16.5. The van der Waals surface area contributed by atoms with Gasteiger partial charge >= 0.3 is 5.97 Å². The van der Waals surface area contributed by atoms with E-state index in [1.165, 1.54) is 6.92 Å². The highest BCUT2D eigenvalue weighted by molar-refractivity contribution is 5.66. The summed E-state index contributed by atoms with van der Waals surface area (Å²) in [7, 11) is 0. The van der Waals surface area contributed by atoms with E-state index in [-0.39, 0.29) is 12.6 Å². The van der Waals surface area contributed by atoms with E-state index in [2.05, 4.69) is 6.58 Å². The van der Waals surface area contributed by atoms with Crippen LogP contribution < -0.4 is 0 Å². The van der Waals surface area contributed by atoms with Crippen molar-refractivity contribution < 1.29 is 9.53 Å². The van der Waals surface area contributed by atoms with Gasteiger partial charge in [0, 0.05) is 6.92 Å². The molecule has 12 heavy (non-hydrogen) atoms. The molecule has 0 fully saturated rings. The van der Waals surface area contributed by atoms with Crippen molar-refractivity contribution in [1.29, 1.82) is 0 Å². The molecule has 0 radical (unpaired) electrons. The molecule has 0 aromatic heterocycles. The van der Waals surface area contributed by atoms with Crippen molar-refractivity contribution in [1.82, 2.24) is 0 Å². The molecule has 0 aromatic carbocycles. The molecule has 0 heterocycles. The molecule has 0 rings (SSSR count). The predicted octanol–water partition coefficient (Wildman–Crippen LogP) is 2.24. The van der Waals surface area contributed by atoms with Gasteiger partial charge < -0.3 is 4.74 Å². The number of carbonyl (C=O) groups is 1. The second-order valence-corrected chi connectivity index (χ2v) is 2.32. The van der Waals surface area contributed by atoms with Crippen LogP contribution >= 0.6 is 0 Å². The fraction of sp³-hybridized carbons (Fsp3) is 0.300. The van der Waals surface area contributed by atoms with Gasteiger partial charge in [-0.3, -0.25) is 4.79 Å². The standard InChI is InChI=1S/C10H14O2/c1-4-5-6-7-9(2)8-12-10(3)11/h4-7H,2,8H2,1,3H3/b5-4-,7-6-. The molecular formula is C10H14O2. The number of ether oxygens (including phenoxy) is 1. The van der Waals surface area contributed by atoms with Crippen LogP contribution in [-0.2, 0) is 9.53 Å². The number of hydrogen-bond acceptors (Lipinski definition) is 2. The van der Waals surface area contributed by atoms with Gasteiger partial charge in [-0.05, 0) is 12.5 Å². The largest absolute Gasteiger partial charge is 0.461 e. The molecule has 0 saturated heterocycles. The number of carbonyl (C=O) groups excluding carboxylic acids is 1. The van der Waals surface area contributed by atoms with E-state index in [9.17, 15) is 4.79 Å². The lowest BCUT2D eigenvalue weighted by Gasteiger charge is -1.99. The molecule has 0 aliphatic rings. The Morgan fingerprint density at radius 2 is 2.17 bits per heavy atom. The lowest BCUT2D eigenvalue weighted by molar-refractivity contribution is -0.139. The molecule has 2 heteroatoms. The molecule has 0 aliphatic carbocycles. The minimum atomic E-state index is -0.282. The first-order chi connectivity index (χ1) is 5.66. The Morgan fingerprint density at radius 1 is 1.50 bits per heavy atom. The van der Waals surface area contributed by atoms with Crippen LogP contribution in [-0.4, -0.2) is 12.6 Å². The van der Waals surface area contributed by atoms with Gasteiger partial charge in [0.15, 0.2) is 0 Å². The van der Waals surface area contributed by atoms with E-state index in [4.69, 9.17) is 4.74 Å². The van der Waals surface area contributed by atoms with Crippen LogP contribution in [0.25, 0.3) is 0 Å². The second kappa shape index (κ2) is 6.40. The fourth-order valence-electron chi connectivity index (χ4n) is 0.545. The summed E-state index contributed by atoms with van der Waals surface area (Å²) in [5, 5.41) is 0. The third kappa shape index (κ3) is 6.81. The van der Waals surface area contributed by atoms with E-state index in [1.54, 1.807) is 0 Å². The predicted molar refractivity (Wildman–Crippen MR) is 49.7 cm³/mol. The smallest absolute Gasteiger partial charge is 0.302 e. The van der Waals surface area contributed by atoms with Crippen LogP contribution in [0.3, 0.4) is 0 Å². The van der Waals surface area contributed by atoms with E-state index < -0.39 is 0 Å². The summed E-state index contributed by atoms with van der Waals surface area (Å²) >= 11 is 0. The summed E-state index contributed by atoms with van der Waals surface area (Å²) in [5.74, 6) is -0.282. The van der Waals surface area contributed by atoms with Gasteiger partial charge in [-0.15, -0.1) is 0 Å². The molecule has 2 nitrogen and oxygen atoms in total. The van der Waals surface area contributed by atoms with Crippen LogP contribution in [0.15, 0.2) is 36.5 Å². The minimum absolute atomic E-state index is 0.267. The molecule has 0 saturated carbocycles. The molecule has 0 N–H and O–H groups in total. The first-order valence-electron chi connectivity index (χ1n) is 3.77. The summed E-state index contributed by atoms with van der Waals surface area (Å²) < 4.78 is 4.72. The van der Waals surface area contributed by atoms with Crippen molar-refractivity contribution in [3.63, 3.8) is 0 Å². The Morgan fingerprint density at radius 3 is 2.67 bits per heavy atom. The lowest BCUT2D eigenvalue weighted by atomic mass is 10.3. The quantitative estimate of drug-likeness (QED) is 0.473. The van der Waals surface area contributed by atoms with Crippen LogP contribution in [0.2, 0.25) is 0 Å². The summed E-state index contributed by atoms with van der Waals surface area (Å²) in [5.41, 5.74) is 0.781. The first kappa shape index (κ1) is 10.7. The third-order valence-corrected chi connectivity index (χ3v) is 1.10. The summed E-state index contributed by atoms with van der Waals surface area (Å²) in [6.07, 6.45) is 7.46. The topological polar surface area (TPSA) is 26.3 Å². The molecule has 0 spiro atoms. The third-order valence-electron chi connectivity index (χ3n) is 1.10. The zero-order valence-corrected chi connectivity index (χ0v) is 7.54. The van der Waals surface area contributed by atoms with Gasteiger partial charge in [-0.25, -0.2) is 0 Å². The molecule has 0 aromatic rings. The maximum absolute atomic E-state index is 10.4. The van der Waals surface area contributed by atoms with Crippen LogP contribution in [0, 0.1) is 0 Å². The Kier molecular flexibility index (Phi) is 5.70. The molecule has 0 bridgehead atoms. The van der Waals surface area contributed by atoms with E-state index in [1.807, 2.05) is 31.2 Å². The molecular weight excluding hydrogens is 152 g/mol. The summed E-state index contributed by atoms with van der Waals surface area (Å²) in [4.78, 5) is 10.4. The number of rotatable bonds is 4. The zero-order chi connectivity index (χ0) is 9.40. The van der Waals surface area contributed by atoms with E-state index >= 15 is 0 Å². The SMILES string of the molecule is C=C(/C=C\C=C/C)COC(C)=O. The minimum Gasteiger partial charge on any atom is -0.461 e. The molecule has 0 amide bonds. The van der Waals surface area contributed by atoms with Crippen molar-refractivity contribution in [3.05, 3.63) is 36.5 Å².